The third-order valence-electron chi connectivity index (χ3n) is 6.62. The second-order valence-corrected chi connectivity index (χ2v) is 9.18. The van der Waals surface area contributed by atoms with E-state index in [0.29, 0.717) is 42.3 Å². The van der Waals surface area contributed by atoms with Crippen LogP contribution in [0.15, 0.2) is 104 Å². The molecular weight excluding hydrogens is 484 g/mol. The second kappa shape index (κ2) is 12.5. The van der Waals surface area contributed by atoms with Crippen LogP contribution in [0.4, 0.5) is 5.69 Å². The molecule has 3 N–H and O–H groups in total. The van der Waals surface area contributed by atoms with E-state index in [4.69, 9.17) is 15.7 Å². The lowest BCUT2D eigenvalue weighted by molar-refractivity contribution is 0.0950. The van der Waals surface area contributed by atoms with Gasteiger partial charge in [0.15, 0.2) is 0 Å². The monoisotopic (exact) mass is 516 g/mol. The minimum absolute atomic E-state index is 0.183. The van der Waals surface area contributed by atoms with Gasteiger partial charge in [-0.2, -0.15) is 5.26 Å². The summed E-state index contributed by atoms with van der Waals surface area (Å²) in [5.41, 5.74) is 13.6. The molecule has 1 aliphatic rings. The van der Waals surface area contributed by atoms with Crippen LogP contribution in [0, 0.1) is 11.3 Å². The zero-order valence-electron chi connectivity index (χ0n) is 22.1. The summed E-state index contributed by atoms with van der Waals surface area (Å²) in [6.45, 7) is 12.1. The molecule has 0 saturated heterocycles. The first-order chi connectivity index (χ1) is 18.9. The summed E-state index contributed by atoms with van der Waals surface area (Å²) in [6.07, 6.45) is 5.93. The molecule has 1 aliphatic heterocycles. The van der Waals surface area contributed by atoms with Crippen LogP contribution in [0.1, 0.15) is 39.5 Å². The van der Waals surface area contributed by atoms with E-state index in [1.807, 2.05) is 61.5 Å². The number of ether oxygens (including phenoxy) is 1. The Hall–Kier alpha value is -5.02. The molecule has 0 bridgehead atoms. The number of nitrogens with one attached hydrogen (secondary N) is 1. The van der Waals surface area contributed by atoms with Crippen molar-refractivity contribution in [2.24, 2.45) is 5.73 Å². The Morgan fingerprint density at radius 1 is 1.10 bits per heavy atom. The lowest BCUT2D eigenvalue weighted by Gasteiger charge is -2.33. The van der Waals surface area contributed by atoms with Gasteiger partial charge in [0.2, 0.25) is 0 Å². The molecular formula is C33H32N4O2. The first-order valence-electron chi connectivity index (χ1n) is 12.8. The molecule has 0 aliphatic carbocycles. The molecule has 1 amide bonds. The van der Waals surface area contributed by atoms with E-state index >= 15 is 0 Å². The number of carbonyl (C=O) groups is 1. The number of nitrogens with zero attached hydrogens (tertiary/aromatic N) is 2. The van der Waals surface area contributed by atoms with Crippen LogP contribution in [0.3, 0.4) is 0 Å². The second-order valence-electron chi connectivity index (χ2n) is 9.18. The van der Waals surface area contributed by atoms with Crippen molar-refractivity contribution in [3.63, 3.8) is 0 Å². The molecule has 0 saturated carbocycles. The maximum absolute atomic E-state index is 12.8. The molecule has 0 fully saturated rings. The number of fused-ring (bicyclic) bond motifs is 1. The Bertz CT molecular complexity index is 1480. The number of amides is 1. The normalized spacial score (nSPS) is 13.1. The number of rotatable bonds is 9. The highest BCUT2D eigenvalue weighted by molar-refractivity contribution is 5.95. The quantitative estimate of drug-likeness (QED) is 0.349. The van der Waals surface area contributed by atoms with Crippen LogP contribution >= 0.6 is 0 Å². The molecule has 0 atom stereocenters. The zero-order valence-corrected chi connectivity index (χ0v) is 22.1. The van der Waals surface area contributed by atoms with Gasteiger partial charge in [0.25, 0.3) is 5.91 Å². The predicted octanol–water partition coefficient (Wildman–Crippen LogP) is 5.83. The molecule has 6 heteroatoms. The van der Waals surface area contributed by atoms with E-state index in [1.165, 1.54) is 0 Å². The summed E-state index contributed by atoms with van der Waals surface area (Å²) in [6, 6.07) is 22.8. The van der Waals surface area contributed by atoms with E-state index in [1.54, 1.807) is 24.3 Å². The Labute approximate surface area is 230 Å². The van der Waals surface area contributed by atoms with Gasteiger partial charge in [-0.25, -0.2) is 0 Å². The van der Waals surface area contributed by atoms with Gasteiger partial charge in [-0.3, -0.25) is 4.79 Å². The number of anilines is 1. The molecule has 0 spiro atoms. The fraction of sp³-hybridized carbons (Fsp3) is 0.152. The van der Waals surface area contributed by atoms with Crippen LogP contribution in [0.5, 0.6) is 5.75 Å². The molecule has 6 nitrogen and oxygen atoms in total. The van der Waals surface area contributed by atoms with Gasteiger partial charge in [-0.05, 0) is 65.1 Å². The third kappa shape index (κ3) is 6.46. The van der Waals surface area contributed by atoms with Crippen LogP contribution < -0.4 is 20.7 Å². The number of benzene rings is 3. The van der Waals surface area contributed by atoms with Gasteiger partial charge in [0.05, 0.1) is 23.9 Å². The zero-order chi connectivity index (χ0) is 27.8. The summed E-state index contributed by atoms with van der Waals surface area (Å²) >= 11 is 0. The van der Waals surface area contributed by atoms with Gasteiger partial charge in [0.1, 0.15) is 12.4 Å². The van der Waals surface area contributed by atoms with Gasteiger partial charge in [-0.15, -0.1) is 0 Å². The highest BCUT2D eigenvalue weighted by atomic mass is 16.5. The van der Waals surface area contributed by atoms with E-state index in [0.717, 1.165) is 40.1 Å². The van der Waals surface area contributed by atoms with Crippen LogP contribution in [0.25, 0.3) is 11.3 Å². The van der Waals surface area contributed by atoms with Crippen LogP contribution in [-0.4, -0.2) is 25.6 Å². The fourth-order valence-electron chi connectivity index (χ4n) is 4.47. The largest absolute Gasteiger partial charge is 0.490 e. The van der Waals surface area contributed by atoms with Crippen molar-refractivity contribution < 1.29 is 9.53 Å². The van der Waals surface area contributed by atoms with E-state index in [2.05, 4.69) is 35.5 Å². The van der Waals surface area contributed by atoms with Crippen molar-refractivity contribution in [1.82, 2.24) is 5.32 Å². The van der Waals surface area contributed by atoms with Crippen molar-refractivity contribution in [2.75, 3.05) is 24.6 Å². The van der Waals surface area contributed by atoms with Gasteiger partial charge < -0.3 is 20.7 Å². The highest BCUT2D eigenvalue weighted by Gasteiger charge is 2.22. The Morgan fingerprint density at radius 3 is 2.44 bits per heavy atom. The van der Waals surface area contributed by atoms with Gasteiger partial charge in [-0.1, -0.05) is 67.8 Å². The maximum Gasteiger partial charge on any atom is 0.251 e. The molecule has 0 radical (unpaired) electrons. The summed E-state index contributed by atoms with van der Waals surface area (Å²) in [5.74, 6) is 0.500. The maximum atomic E-state index is 12.8. The lowest BCUT2D eigenvalue weighted by Crippen LogP contribution is -2.34. The van der Waals surface area contributed by atoms with Crippen molar-refractivity contribution in [3.8, 4) is 11.8 Å². The van der Waals surface area contributed by atoms with Gasteiger partial charge >= 0.3 is 0 Å². The molecule has 0 unspecified atom stereocenters. The first-order valence-corrected chi connectivity index (χ1v) is 12.8. The third-order valence-corrected chi connectivity index (χ3v) is 6.62. The lowest BCUT2D eigenvalue weighted by atomic mass is 9.95. The fourth-order valence-corrected chi connectivity index (χ4v) is 4.47. The standard InChI is InChI=1S/C33H32N4O2/c1-4-6-30(28-13-11-27(12-14-28)23(3)35)26(5-2)22-37-17-18-39-32-19-29(15-16-31(32)37)33(38)36-21-25-9-7-24(20-34)8-10-25/h4-16,19H,1,3,17-18,21-22,35H2,2H3,(H,36,38)/b26-5-,30-6+. The summed E-state index contributed by atoms with van der Waals surface area (Å²) in [5, 5.41) is 11.9. The van der Waals surface area contributed by atoms with Crippen LogP contribution in [0.2, 0.25) is 0 Å². The minimum Gasteiger partial charge on any atom is -0.490 e. The van der Waals surface area contributed by atoms with E-state index < -0.39 is 0 Å². The SMILES string of the molecule is C=C/C=C(\C(=C/C)CN1CCOc2cc(C(=O)NCc3ccc(C#N)cc3)ccc21)c1ccc(C(=C)N)cc1. The number of hydrogen-bond donors (Lipinski definition) is 2. The van der Waals surface area contributed by atoms with E-state index in [-0.39, 0.29) is 5.91 Å². The molecule has 0 aromatic heterocycles. The number of carbonyl (C=O) groups excluding carboxylic acids is 1. The Morgan fingerprint density at radius 2 is 1.79 bits per heavy atom. The number of allylic oxidation sites excluding steroid dienone is 3. The first kappa shape index (κ1) is 27.0. The Balaban J connectivity index is 1.49. The molecule has 1 heterocycles. The predicted molar refractivity (Wildman–Crippen MR) is 158 cm³/mol. The van der Waals surface area contributed by atoms with E-state index in [9.17, 15) is 4.79 Å². The minimum atomic E-state index is -0.183. The smallest absolute Gasteiger partial charge is 0.251 e. The summed E-state index contributed by atoms with van der Waals surface area (Å²) < 4.78 is 5.95. The Kier molecular flexibility index (Phi) is 8.65. The number of nitrogens with two attached hydrogens (primary N) is 1. The summed E-state index contributed by atoms with van der Waals surface area (Å²) in [4.78, 5) is 15.1. The molecule has 3 aromatic rings. The molecule has 39 heavy (non-hydrogen) atoms. The summed E-state index contributed by atoms with van der Waals surface area (Å²) in [7, 11) is 0. The van der Waals surface area contributed by atoms with Crippen molar-refractivity contribution in [3.05, 3.63) is 132 Å². The average Bonchev–Trinajstić information content (AvgIpc) is 2.97. The number of hydrogen-bond acceptors (Lipinski definition) is 5. The topological polar surface area (TPSA) is 91.4 Å². The van der Waals surface area contributed by atoms with Gasteiger partial charge in [0, 0.05) is 24.4 Å². The van der Waals surface area contributed by atoms with Crippen molar-refractivity contribution in [1.29, 1.82) is 5.26 Å². The molecule has 4 rings (SSSR count). The number of nitriles is 1. The highest BCUT2D eigenvalue weighted by Crippen LogP contribution is 2.35. The molecule has 196 valence electrons. The van der Waals surface area contributed by atoms with Crippen molar-refractivity contribution >= 4 is 22.9 Å². The van der Waals surface area contributed by atoms with Crippen LogP contribution in [-0.2, 0) is 6.54 Å². The van der Waals surface area contributed by atoms with Crippen molar-refractivity contribution in [2.45, 2.75) is 13.5 Å². The average molecular weight is 517 g/mol. The molecule has 3 aromatic carbocycles.